The average Bonchev–Trinajstić information content (AvgIpc) is 2.41. The molecule has 0 amide bonds. The molecule has 2 nitrogen and oxygen atoms in total. The van der Waals surface area contributed by atoms with E-state index < -0.39 is 0 Å². The Morgan fingerprint density at radius 1 is 1.11 bits per heavy atom. The number of nitrogens with one attached hydrogen (secondary N) is 2. The lowest BCUT2D eigenvalue weighted by atomic mass is 10.1. The Balaban J connectivity index is 1.88. The van der Waals surface area contributed by atoms with Crippen molar-refractivity contribution in [3.63, 3.8) is 0 Å². The highest BCUT2D eigenvalue weighted by molar-refractivity contribution is 9.10. The third-order valence-electron chi connectivity index (χ3n) is 2.70. The molecule has 0 bridgehead atoms. The number of hydrogen-bond acceptors (Lipinski definition) is 1. The number of halogens is 1. The zero-order chi connectivity index (χ0) is 13.7. The summed E-state index contributed by atoms with van der Waals surface area (Å²) in [4.78, 5) is 0. The molecule has 0 saturated heterocycles. The number of hydrogen-bond donors (Lipinski definition) is 2. The van der Waals surface area contributed by atoms with Gasteiger partial charge in [0.05, 0.1) is 5.69 Å². The molecule has 2 N–H and O–H groups in total. The van der Waals surface area contributed by atoms with Crippen LogP contribution >= 0.6 is 28.1 Å². The highest BCUT2D eigenvalue weighted by Crippen LogP contribution is 2.20. The van der Waals surface area contributed by atoms with Gasteiger partial charge in [0.1, 0.15) is 0 Å². The summed E-state index contributed by atoms with van der Waals surface area (Å²) in [5.41, 5.74) is 3.43. The van der Waals surface area contributed by atoms with Gasteiger partial charge in [-0.25, -0.2) is 0 Å². The monoisotopic (exact) mass is 334 g/mol. The van der Waals surface area contributed by atoms with Crippen LogP contribution in [0, 0.1) is 6.92 Å². The van der Waals surface area contributed by atoms with Crippen molar-refractivity contribution in [1.29, 1.82) is 0 Å². The Kier molecular flexibility index (Phi) is 4.93. The molecule has 0 aromatic heterocycles. The molecule has 4 heteroatoms. The minimum Gasteiger partial charge on any atom is -0.358 e. The lowest BCUT2D eigenvalue weighted by molar-refractivity contribution is 0.925. The Morgan fingerprint density at radius 3 is 2.47 bits per heavy atom. The van der Waals surface area contributed by atoms with Crippen LogP contribution in [0.5, 0.6) is 0 Å². The predicted octanol–water partition coefficient (Wildman–Crippen LogP) is 4.24. The van der Waals surface area contributed by atoms with Gasteiger partial charge in [0.25, 0.3) is 0 Å². The van der Waals surface area contributed by atoms with Crippen molar-refractivity contribution in [1.82, 2.24) is 5.32 Å². The third kappa shape index (κ3) is 4.33. The van der Waals surface area contributed by atoms with Gasteiger partial charge in [0, 0.05) is 11.0 Å². The lowest BCUT2D eigenvalue weighted by Gasteiger charge is -2.11. The molecule has 0 aliphatic rings. The summed E-state index contributed by atoms with van der Waals surface area (Å²) >= 11 is 8.76. The largest absolute Gasteiger partial charge is 0.358 e. The van der Waals surface area contributed by atoms with Crippen LogP contribution in [0.15, 0.2) is 53.0 Å². The molecular formula is C15H15BrN2S. The molecule has 0 heterocycles. The minimum absolute atomic E-state index is 0.618. The summed E-state index contributed by atoms with van der Waals surface area (Å²) < 4.78 is 0.995. The first-order valence-corrected chi connectivity index (χ1v) is 7.20. The number of para-hydroxylation sites is 1. The van der Waals surface area contributed by atoms with Crippen LogP contribution < -0.4 is 10.6 Å². The molecule has 0 unspecified atom stereocenters. The van der Waals surface area contributed by atoms with Crippen LogP contribution in [0.2, 0.25) is 0 Å². The first-order chi connectivity index (χ1) is 9.15. The molecule has 19 heavy (non-hydrogen) atoms. The summed E-state index contributed by atoms with van der Waals surface area (Å²) in [7, 11) is 0. The Hall–Kier alpha value is -1.39. The molecule has 0 aliphatic heterocycles. The number of aryl methyl sites for hydroxylation is 1. The van der Waals surface area contributed by atoms with Gasteiger partial charge in [-0.1, -0.05) is 42.0 Å². The van der Waals surface area contributed by atoms with Crippen molar-refractivity contribution < 1.29 is 0 Å². The van der Waals surface area contributed by atoms with Crippen LogP contribution in [-0.4, -0.2) is 5.11 Å². The number of benzene rings is 2. The maximum atomic E-state index is 5.28. The first kappa shape index (κ1) is 14.0. The normalized spacial score (nSPS) is 10.0. The second-order valence-electron chi connectivity index (χ2n) is 4.27. The second kappa shape index (κ2) is 6.68. The van der Waals surface area contributed by atoms with Crippen molar-refractivity contribution in [2.24, 2.45) is 0 Å². The van der Waals surface area contributed by atoms with E-state index in [4.69, 9.17) is 12.2 Å². The van der Waals surface area contributed by atoms with Gasteiger partial charge in [0.15, 0.2) is 5.11 Å². The third-order valence-corrected chi connectivity index (χ3v) is 3.63. The fourth-order valence-corrected chi connectivity index (χ4v) is 2.18. The topological polar surface area (TPSA) is 24.1 Å². The number of anilines is 1. The first-order valence-electron chi connectivity index (χ1n) is 6.00. The molecule has 2 rings (SSSR count). The molecule has 2 aromatic carbocycles. The van der Waals surface area contributed by atoms with E-state index in [9.17, 15) is 0 Å². The standard InChI is InChI=1S/C15H15BrN2S/c1-11-6-8-12(9-7-11)10-17-15(19)18-14-5-3-2-4-13(14)16/h2-9H,10H2,1H3,(H2,17,18,19). The van der Waals surface area contributed by atoms with Crippen molar-refractivity contribution in [2.75, 3.05) is 5.32 Å². The van der Waals surface area contributed by atoms with E-state index in [1.54, 1.807) is 0 Å². The van der Waals surface area contributed by atoms with E-state index >= 15 is 0 Å². The van der Waals surface area contributed by atoms with Crippen molar-refractivity contribution in [3.05, 3.63) is 64.1 Å². The van der Waals surface area contributed by atoms with E-state index in [0.29, 0.717) is 5.11 Å². The highest BCUT2D eigenvalue weighted by atomic mass is 79.9. The van der Waals surface area contributed by atoms with Gasteiger partial charge in [-0.15, -0.1) is 0 Å². The fourth-order valence-electron chi connectivity index (χ4n) is 1.62. The van der Waals surface area contributed by atoms with E-state index in [1.165, 1.54) is 11.1 Å². The molecule has 2 aromatic rings. The molecule has 0 spiro atoms. The molecule has 0 aliphatic carbocycles. The Labute approximate surface area is 127 Å². The zero-order valence-corrected chi connectivity index (χ0v) is 13.0. The SMILES string of the molecule is Cc1ccc(CNC(=S)Nc2ccccc2Br)cc1. The quantitative estimate of drug-likeness (QED) is 0.821. The molecular weight excluding hydrogens is 320 g/mol. The Morgan fingerprint density at radius 2 is 1.79 bits per heavy atom. The lowest BCUT2D eigenvalue weighted by Crippen LogP contribution is -2.27. The van der Waals surface area contributed by atoms with Crippen LogP contribution in [0.4, 0.5) is 5.69 Å². The summed E-state index contributed by atoms with van der Waals surface area (Å²) in [6.07, 6.45) is 0. The predicted molar refractivity (Wildman–Crippen MR) is 88.4 cm³/mol. The van der Waals surface area contributed by atoms with Crippen LogP contribution in [0.3, 0.4) is 0 Å². The zero-order valence-electron chi connectivity index (χ0n) is 10.6. The van der Waals surface area contributed by atoms with Crippen molar-refractivity contribution in [2.45, 2.75) is 13.5 Å². The summed E-state index contributed by atoms with van der Waals surface area (Å²) in [6.45, 7) is 2.80. The van der Waals surface area contributed by atoms with E-state index in [1.807, 2.05) is 24.3 Å². The summed E-state index contributed by atoms with van der Waals surface area (Å²) in [5, 5.41) is 6.98. The average molecular weight is 335 g/mol. The van der Waals surface area contributed by atoms with Gasteiger partial charge in [0.2, 0.25) is 0 Å². The summed E-state index contributed by atoms with van der Waals surface area (Å²) in [6, 6.07) is 16.3. The Bertz CT molecular complexity index is 567. The van der Waals surface area contributed by atoms with Crippen LogP contribution in [-0.2, 0) is 6.54 Å². The molecule has 0 radical (unpaired) electrons. The number of rotatable bonds is 3. The molecule has 0 atom stereocenters. The maximum absolute atomic E-state index is 5.28. The molecule has 0 saturated carbocycles. The van der Waals surface area contributed by atoms with Crippen LogP contribution in [0.1, 0.15) is 11.1 Å². The van der Waals surface area contributed by atoms with E-state index in [-0.39, 0.29) is 0 Å². The van der Waals surface area contributed by atoms with Crippen LogP contribution in [0.25, 0.3) is 0 Å². The minimum atomic E-state index is 0.618. The van der Waals surface area contributed by atoms with Gasteiger partial charge in [-0.05, 0) is 52.8 Å². The van der Waals surface area contributed by atoms with Gasteiger partial charge >= 0.3 is 0 Å². The number of thiocarbonyl (C=S) groups is 1. The van der Waals surface area contributed by atoms with Gasteiger partial charge in [-0.3, -0.25) is 0 Å². The smallest absolute Gasteiger partial charge is 0.171 e. The fraction of sp³-hybridized carbons (Fsp3) is 0.133. The van der Waals surface area contributed by atoms with E-state index in [2.05, 4.69) is 57.8 Å². The molecule has 98 valence electrons. The maximum Gasteiger partial charge on any atom is 0.171 e. The second-order valence-corrected chi connectivity index (χ2v) is 5.54. The highest BCUT2D eigenvalue weighted by Gasteiger charge is 2.01. The van der Waals surface area contributed by atoms with Gasteiger partial charge < -0.3 is 10.6 Å². The van der Waals surface area contributed by atoms with Crippen molar-refractivity contribution >= 4 is 38.9 Å². The van der Waals surface area contributed by atoms with Crippen molar-refractivity contribution in [3.8, 4) is 0 Å². The summed E-state index contributed by atoms with van der Waals surface area (Å²) in [5.74, 6) is 0. The molecule has 0 fully saturated rings. The van der Waals surface area contributed by atoms with E-state index in [0.717, 1.165) is 16.7 Å². The van der Waals surface area contributed by atoms with Gasteiger partial charge in [-0.2, -0.15) is 0 Å².